The van der Waals surface area contributed by atoms with Gasteiger partial charge in [-0.1, -0.05) is 29.8 Å². The molecule has 0 radical (unpaired) electrons. The predicted octanol–water partition coefficient (Wildman–Crippen LogP) is 2.70. The highest BCUT2D eigenvalue weighted by Gasteiger charge is 2.65. The summed E-state index contributed by atoms with van der Waals surface area (Å²) in [6.07, 6.45) is -5.25. The van der Waals surface area contributed by atoms with Crippen molar-refractivity contribution < 1.29 is 27.2 Å². The van der Waals surface area contributed by atoms with Crippen LogP contribution in [-0.2, 0) is 4.79 Å². The Bertz CT molecular complexity index is 938. The maximum Gasteiger partial charge on any atom is 0.442 e. The van der Waals surface area contributed by atoms with Crippen LogP contribution >= 0.6 is 0 Å². The van der Waals surface area contributed by atoms with E-state index in [1.807, 2.05) is 5.32 Å². The number of hydrogen-bond donors (Lipinski definition) is 2. The van der Waals surface area contributed by atoms with Gasteiger partial charge in [0.15, 0.2) is 0 Å². The minimum absolute atomic E-state index is 0.0773. The van der Waals surface area contributed by atoms with Crippen molar-refractivity contribution in [2.75, 3.05) is 0 Å². The number of nitrogens with zero attached hydrogens (tertiary/aromatic N) is 1. The highest BCUT2D eigenvalue weighted by molar-refractivity contribution is 6.16. The maximum atomic E-state index is 13.9. The zero-order valence-corrected chi connectivity index (χ0v) is 13.9. The molecule has 140 valence electrons. The van der Waals surface area contributed by atoms with E-state index in [9.17, 15) is 27.2 Å². The number of aryl methyl sites for hydroxylation is 1. The Morgan fingerprint density at radius 3 is 2.33 bits per heavy atom. The van der Waals surface area contributed by atoms with Crippen LogP contribution in [0.15, 0.2) is 53.5 Å². The minimum atomic E-state index is -5.25. The quantitative estimate of drug-likeness (QED) is 0.805. The second-order valence-corrected chi connectivity index (χ2v) is 5.92. The summed E-state index contributed by atoms with van der Waals surface area (Å²) in [4.78, 5) is 27.8. The summed E-state index contributed by atoms with van der Waals surface area (Å²) in [5, 5.41) is 3.56. The van der Waals surface area contributed by atoms with Crippen LogP contribution in [0.2, 0.25) is 0 Å². The van der Waals surface area contributed by atoms with E-state index < -0.39 is 35.3 Å². The first kappa shape index (κ1) is 18.6. The molecule has 0 aromatic heterocycles. The first-order valence-electron chi connectivity index (χ1n) is 7.76. The fraction of sp³-hybridized carbons (Fsp3) is 0.167. The van der Waals surface area contributed by atoms with Gasteiger partial charge in [-0.25, -0.2) is 9.38 Å². The lowest BCUT2D eigenvalue weighted by Crippen LogP contribution is -2.63. The summed E-state index contributed by atoms with van der Waals surface area (Å²) in [5.41, 5.74) is -3.14. The standard InChI is InChI=1S/C18H13F4N3O2/c1-10-6-8-11(9-7-10)15(26)25-17(18(20,21)22)16(27)23-14(24-17)12-4-2-3-5-13(12)19/h2-9H,1H3,(H,25,26)(H,23,24,27)/t17-/m1/s1. The molecule has 1 aliphatic rings. The lowest BCUT2D eigenvalue weighted by molar-refractivity contribution is -0.192. The van der Waals surface area contributed by atoms with Gasteiger partial charge in [0.1, 0.15) is 11.7 Å². The molecule has 1 aliphatic heterocycles. The number of halogens is 4. The van der Waals surface area contributed by atoms with Crippen LogP contribution in [0.1, 0.15) is 21.5 Å². The SMILES string of the molecule is Cc1ccc(C(=O)N[C@]2(C(F)(F)F)N=C(c3ccccc3F)NC2=O)cc1. The number of rotatable bonds is 3. The zero-order chi connectivity index (χ0) is 19.8. The van der Waals surface area contributed by atoms with Gasteiger partial charge in [0.25, 0.3) is 11.8 Å². The van der Waals surface area contributed by atoms with E-state index in [0.29, 0.717) is 0 Å². The molecule has 2 aromatic rings. The number of carbonyl (C=O) groups excluding carboxylic acids is 2. The Balaban J connectivity index is 2.03. The van der Waals surface area contributed by atoms with Crippen molar-refractivity contribution >= 4 is 17.6 Å². The highest BCUT2D eigenvalue weighted by Crippen LogP contribution is 2.35. The molecule has 0 saturated carbocycles. The lowest BCUT2D eigenvalue weighted by atomic mass is 10.1. The Hall–Kier alpha value is -3.23. The summed E-state index contributed by atoms with van der Waals surface area (Å²) in [6, 6.07) is 10.6. The van der Waals surface area contributed by atoms with Gasteiger partial charge < -0.3 is 10.6 Å². The van der Waals surface area contributed by atoms with Gasteiger partial charge in [-0.05, 0) is 31.2 Å². The van der Waals surface area contributed by atoms with Crippen LogP contribution in [0.5, 0.6) is 0 Å². The van der Waals surface area contributed by atoms with Gasteiger partial charge in [0.05, 0.1) is 5.56 Å². The Labute approximate surface area is 151 Å². The smallest absolute Gasteiger partial charge is 0.312 e. The second-order valence-electron chi connectivity index (χ2n) is 5.92. The average molecular weight is 379 g/mol. The normalized spacial score (nSPS) is 19.4. The van der Waals surface area contributed by atoms with Crippen molar-refractivity contribution in [2.24, 2.45) is 4.99 Å². The van der Waals surface area contributed by atoms with E-state index in [2.05, 4.69) is 4.99 Å². The molecular weight excluding hydrogens is 366 g/mol. The number of amidine groups is 1. The van der Waals surface area contributed by atoms with E-state index in [1.165, 1.54) is 42.5 Å². The molecule has 1 heterocycles. The monoisotopic (exact) mass is 379 g/mol. The molecule has 27 heavy (non-hydrogen) atoms. The molecule has 3 rings (SSSR count). The third-order valence-corrected chi connectivity index (χ3v) is 3.99. The Morgan fingerprint density at radius 2 is 1.74 bits per heavy atom. The average Bonchev–Trinajstić information content (AvgIpc) is 2.93. The van der Waals surface area contributed by atoms with E-state index in [1.54, 1.807) is 12.2 Å². The molecule has 2 N–H and O–H groups in total. The molecule has 0 spiro atoms. The van der Waals surface area contributed by atoms with Gasteiger partial charge in [-0.2, -0.15) is 13.2 Å². The molecule has 2 aromatic carbocycles. The lowest BCUT2D eigenvalue weighted by Gasteiger charge is -2.27. The number of carbonyl (C=O) groups is 2. The molecule has 0 aliphatic carbocycles. The van der Waals surface area contributed by atoms with E-state index >= 15 is 0 Å². The molecule has 0 fully saturated rings. The van der Waals surface area contributed by atoms with Crippen molar-refractivity contribution in [3.05, 3.63) is 71.0 Å². The van der Waals surface area contributed by atoms with Crippen LogP contribution in [0.3, 0.4) is 0 Å². The molecule has 0 saturated heterocycles. The van der Waals surface area contributed by atoms with E-state index in [0.717, 1.165) is 11.6 Å². The van der Waals surface area contributed by atoms with Crippen LogP contribution in [0.4, 0.5) is 17.6 Å². The number of benzene rings is 2. The van der Waals surface area contributed by atoms with E-state index in [-0.39, 0.29) is 11.1 Å². The summed E-state index contributed by atoms with van der Waals surface area (Å²) in [5.74, 6) is -4.23. The van der Waals surface area contributed by atoms with Crippen molar-refractivity contribution in [1.29, 1.82) is 0 Å². The largest absolute Gasteiger partial charge is 0.442 e. The van der Waals surface area contributed by atoms with Crippen LogP contribution < -0.4 is 10.6 Å². The molecule has 1 atom stereocenters. The minimum Gasteiger partial charge on any atom is -0.312 e. The molecular formula is C18H13F4N3O2. The summed E-state index contributed by atoms with van der Waals surface area (Å²) in [7, 11) is 0. The van der Waals surface area contributed by atoms with E-state index in [4.69, 9.17) is 0 Å². The number of hydrogen-bond acceptors (Lipinski definition) is 3. The van der Waals surface area contributed by atoms with Gasteiger partial charge in [0.2, 0.25) is 0 Å². The van der Waals surface area contributed by atoms with Crippen molar-refractivity contribution in [1.82, 2.24) is 10.6 Å². The van der Waals surface area contributed by atoms with Crippen molar-refractivity contribution in [3.63, 3.8) is 0 Å². The van der Waals surface area contributed by atoms with Crippen LogP contribution in [0, 0.1) is 12.7 Å². The van der Waals surface area contributed by atoms with Crippen LogP contribution in [0.25, 0.3) is 0 Å². The molecule has 5 nitrogen and oxygen atoms in total. The molecule has 2 amide bonds. The highest BCUT2D eigenvalue weighted by atomic mass is 19.4. The molecule has 0 unspecified atom stereocenters. The Kier molecular flexibility index (Phi) is 4.46. The number of alkyl halides is 3. The zero-order valence-electron chi connectivity index (χ0n) is 13.9. The molecule has 0 bridgehead atoms. The van der Waals surface area contributed by atoms with Gasteiger partial charge in [-0.15, -0.1) is 0 Å². The summed E-state index contributed by atoms with van der Waals surface area (Å²) < 4.78 is 55.0. The topological polar surface area (TPSA) is 70.6 Å². The Morgan fingerprint density at radius 1 is 1.11 bits per heavy atom. The number of amides is 2. The third kappa shape index (κ3) is 3.27. The van der Waals surface area contributed by atoms with Gasteiger partial charge in [0, 0.05) is 5.56 Å². The predicted molar refractivity (Wildman–Crippen MR) is 88.5 cm³/mol. The molecule has 9 heteroatoms. The van der Waals surface area contributed by atoms with Crippen molar-refractivity contribution in [3.8, 4) is 0 Å². The van der Waals surface area contributed by atoms with Crippen LogP contribution in [-0.4, -0.2) is 29.5 Å². The fourth-order valence-electron chi connectivity index (χ4n) is 2.51. The maximum absolute atomic E-state index is 13.9. The third-order valence-electron chi connectivity index (χ3n) is 3.99. The summed E-state index contributed by atoms with van der Waals surface area (Å²) in [6.45, 7) is 1.74. The first-order chi connectivity index (χ1) is 12.6. The summed E-state index contributed by atoms with van der Waals surface area (Å²) >= 11 is 0. The number of nitrogens with one attached hydrogen (secondary N) is 2. The van der Waals surface area contributed by atoms with Crippen molar-refractivity contribution in [2.45, 2.75) is 18.8 Å². The fourth-order valence-corrected chi connectivity index (χ4v) is 2.51. The second kappa shape index (κ2) is 6.49. The van der Waals surface area contributed by atoms with Gasteiger partial charge >= 0.3 is 11.8 Å². The first-order valence-corrected chi connectivity index (χ1v) is 7.76. The van der Waals surface area contributed by atoms with Gasteiger partial charge in [-0.3, -0.25) is 9.59 Å². The number of aliphatic imine (C=N–C) groups is 1.